The van der Waals surface area contributed by atoms with Crippen LogP contribution in [0.1, 0.15) is 152 Å². The van der Waals surface area contributed by atoms with E-state index in [9.17, 15) is 4.79 Å². The van der Waals surface area contributed by atoms with Gasteiger partial charge in [-0.05, 0) is 115 Å². The van der Waals surface area contributed by atoms with Gasteiger partial charge in [-0.2, -0.15) is 0 Å². The SMILES string of the molecule is CC(C)C1CCCCC1.CC(C)OC1CCN(C)C(C)(C)C1.CCC(=O)N1CCC(N2CC3(CCC(C(C)C)CC3)C2)CC1. The Bertz CT molecular complexity index is 809. The molecule has 3 aliphatic heterocycles. The molecule has 2 saturated carbocycles. The summed E-state index contributed by atoms with van der Waals surface area (Å²) in [5.74, 6) is 4.17. The van der Waals surface area contributed by atoms with E-state index < -0.39 is 0 Å². The number of likely N-dealkylation sites (tertiary alicyclic amines) is 3. The number of hydrogen-bond acceptors (Lipinski definition) is 4. The van der Waals surface area contributed by atoms with Crippen molar-refractivity contribution in [1.29, 1.82) is 0 Å². The smallest absolute Gasteiger partial charge is 0.222 e. The van der Waals surface area contributed by atoms with Crippen LogP contribution in [0.2, 0.25) is 0 Å². The van der Waals surface area contributed by atoms with E-state index in [0.717, 1.165) is 55.8 Å². The lowest BCUT2D eigenvalue weighted by Gasteiger charge is -2.57. The summed E-state index contributed by atoms with van der Waals surface area (Å²) < 4.78 is 5.85. The van der Waals surface area contributed by atoms with Crippen molar-refractivity contribution in [2.24, 2.45) is 29.1 Å². The molecule has 0 aromatic carbocycles. The van der Waals surface area contributed by atoms with Crippen molar-refractivity contribution < 1.29 is 9.53 Å². The monoisotopic (exact) mass is 618 g/mol. The average molecular weight is 618 g/mol. The van der Waals surface area contributed by atoms with E-state index in [1.807, 2.05) is 6.92 Å². The van der Waals surface area contributed by atoms with Gasteiger partial charge in [-0.1, -0.05) is 66.7 Å². The van der Waals surface area contributed by atoms with Gasteiger partial charge in [0.1, 0.15) is 0 Å². The van der Waals surface area contributed by atoms with Crippen LogP contribution in [0.5, 0.6) is 0 Å². The summed E-state index contributed by atoms with van der Waals surface area (Å²) in [5.41, 5.74) is 0.972. The summed E-state index contributed by atoms with van der Waals surface area (Å²) >= 11 is 0. The average Bonchev–Trinajstić information content (AvgIpc) is 2.98. The first kappa shape index (κ1) is 37.8. The fraction of sp³-hybridized carbons (Fsp3) is 0.974. The van der Waals surface area contributed by atoms with Crippen LogP contribution in [0.25, 0.3) is 0 Å². The van der Waals surface area contributed by atoms with Gasteiger partial charge in [0.05, 0.1) is 12.2 Å². The maximum atomic E-state index is 11.8. The summed E-state index contributed by atoms with van der Waals surface area (Å²) in [6.07, 6.45) is 19.5. The number of rotatable bonds is 6. The van der Waals surface area contributed by atoms with Crippen LogP contribution in [-0.2, 0) is 9.53 Å². The van der Waals surface area contributed by atoms with Crippen molar-refractivity contribution in [3.8, 4) is 0 Å². The Kier molecular flexibility index (Phi) is 15.0. The number of piperidine rings is 2. The molecule has 5 fully saturated rings. The summed E-state index contributed by atoms with van der Waals surface area (Å²) in [4.78, 5) is 19.0. The highest BCUT2D eigenvalue weighted by Crippen LogP contribution is 2.48. The van der Waals surface area contributed by atoms with Crippen LogP contribution in [-0.4, -0.2) is 84.2 Å². The molecule has 258 valence electrons. The van der Waals surface area contributed by atoms with Gasteiger partial charge >= 0.3 is 0 Å². The summed E-state index contributed by atoms with van der Waals surface area (Å²) in [7, 11) is 2.20. The largest absolute Gasteiger partial charge is 0.375 e. The Morgan fingerprint density at radius 2 is 1.32 bits per heavy atom. The molecule has 0 bridgehead atoms. The minimum Gasteiger partial charge on any atom is -0.375 e. The maximum absolute atomic E-state index is 11.8. The molecule has 1 amide bonds. The molecule has 0 aromatic heterocycles. The Balaban J connectivity index is 0.000000203. The quantitative estimate of drug-likeness (QED) is 0.298. The van der Waals surface area contributed by atoms with Crippen molar-refractivity contribution in [2.45, 2.75) is 176 Å². The molecule has 2 aliphatic carbocycles. The van der Waals surface area contributed by atoms with E-state index >= 15 is 0 Å². The van der Waals surface area contributed by atoms with Gasteiger partial charge in [-0.3, -0.25) is 9.69 Å². The lowest BCUT2D eigenvalue weighted by atomic mass is 9.63. The van der Waals surface area contributed by atoms with Gasteiger partial charge < -0.3 is 14.5 Å². The molecule has 0 N–H and O–H groups in total. The van der Waals surface area contributed by atoms with Crippen LogP contribution in [0, 0.1) is 29.1 Å². The fourth-order valence-corrected chi connectivity index (χ4v) is 8.77. The molecule has 5 rings (SSSR count). The van der Waals surface area contributed by atoms with E-state index in [1.165, 1.54) is 90.1 Å². The molecular weight excluding hydrogens is 542 g/mol. The van der Waals surface area contributed by atoms with E-state index in [1.54, 1.807) is 0 Å². The van der Waals surface area contributed by atoms with E-state index in [2.05, 4.69) is 77.1 Å². The van der Waals surface area contributed by atoms with Gasteiger partial charge in [0, 0.05) is 50.7 Å². The third-order valence-electron chi connectivity index (χ3n) is 12.4. The van der Waals surface area contributed by atoms with Crippen LogP contribution >= 0.6 is 0 Å². The molecule has 3 heterocycles. The second-order valence-electron chi connectivity index (χ2n) is 17.1. The van der Waals surface area contributed by atoms with Gasteiger partial charge in [0.2, 0.25) is 5.91 Å². The molecule has 0 aromatic rings. The van der Waals surface area contributed by atoms with Gasteiger partial charge in [-0.15, -0.1) is 0 Å². The van der Waals surface area contributed by atoms with Crippen LogP contribution in [0.3, 0.4) is 0 Å². The van der Waals surface area contributed by atoms with Crippen LogP contribution in [0.4, 0.5) is 0 Å². The van der Waals surface area contributed by atoms with Crippen molar-refractivity contribution in [3.63, 3.8) is 0 Å². The highest BCUT2D eigenvalue weighted by Gasteiger charge is 2.47. The Hall–Kier alpha value is -0.650. The number of carbonyl (C=O) groups is 1. The molecule has 5 heteroatoms. The van der Waals surface area contributed by atoms with Crippen molar-refractivity contribution in [1.82, 2.24) is 14.7 Å². The van der Waals surface area contributed by atoms with Crippen LogP contribution < -0.4 is 0 Å². The topological polar surface area (TPSA) is 36.0 Å². The lowest BCUT2D eigenvalue weighted by Crippen LogP contribution is -2.62. The molecule has 1 unspecified atom stereocenters. The minimum absolute atomic E-state index is 0.303. The molecule has 44 heavy (non-hydrogen) atoms. The van der Waals surface area contributed by atoms with Gasteiger partial charge in [-0.25, -0.2) is 0 Å². The first-order chi connectivity index (χ1) is 20.7. The second-order valence-corrected chi connectivity index (χ2v) is 17.1. The predicted molar refractivity (Wildman–Crippen MR) is 188 cm³/mol. The zero-order valence-electron chi connectivity index (χ0n) is 31.1. The first-order valence-electron chi connectivity index (χ1n) is 19.1. The van der Waals surface area contributed by atoms with E-state index in [0.29, 0.717) is 35.5 Å². The van der Waals surface area contributed by atoms with Gasteiger partial charge in [0.15, 0.2) is 0 Å². The molecule has 5 nitrogen and oxygen atoms in total. The Morgan fingerprint density at radius 3 is 1.77 bits per heavy atom. The van der Waals surface area contributed by atoms with E-state index in [4.69, 9.17) is 4.74 Å². The fourth-order valence-electron chi connectivity index (χ4n) is 8.77. The number of nitrogens with zero attached hydrogens (tertiary/aromatic N) is 3. The zero-order valence-corrected chi connectivity index (χ0v) is 31.1. The van der Waals surface area contributed by atoms with Crippen LogP contribution in [0.15, 0.2) is 0 Å². The zero-order chi connectivity index (χ0) is 32.5. The van der Waals surface area contributed by atoms with Crippen molar-refractivity contribution in [2.75, 3.05) is 39.8 Å². The van der Waals surface area contributed by atoms with Gasteiger partial charge in [0.25, 0.3) is 0 Å². The Labute approximate surface area is 274 Å². The second kappa shape index (κ2) is 17.5. The lowest BCUT2D eigenvalue weighted by molar-refractivity contribution is -0.134. The number of amides is 1. The highest BCUT2D eigenvalue weighted by molar-refractivity contribution is 5.75. The predicted octanol–water partition coefficient (Wildman–Crippen LogP) is 9.04. The number of hydrogen-bond donors (Lipinski definition) is 0. The third kappa shape index (κ3) is 11.3. The molecule has 1 spiro atoms. The highest BCUT2D eigenvalue weighted by atomic mass is 16.5. The Morgan fingerprint density at radius 1 is 0.773 bits per heavy atom. The summed E-state index contributed by atoms with van der Waals surface area (Å²) in [6, 6.07) is 0.745. The van der Waals surface area contributed by atoms with E-state index in [-0.39, 0.29) is 0 Å². The van der Waals surface area contributed by atoms with Crippen molar-refractivity contribution >= 4 is 5.91 Å². The summed E-state index contributed by atoms with van der Waals surface area (Å²) in [5, 5.41) is 0. The summed E-state index contributed by atoms with van der Waals surface area (Å²) in [6.45, 7) is 26.1. The molecule has 1 atom stereocenters. The van der Waals surface area contributed by atoms with Crippen molar-refractivity contribution in [3.05, 3.63) is 0 Å². The third-order valence-corrected chi connectivity index (χ3v) is 12.4. The molecule has 0 radical (unpaired) electrons. The molecule has 3 saturated heterocycles. The number of ether oxygens (including phenoxy) is 1. The first-order valence-corrected chi connectivity index (χ1v) is 19.1. The molecule has 5 aliphatic rings. The normalized spacial score (nSPS) is 27.1. The number of carbonyl (C=O) groups excluding carboxylic acids is 1. The standard InChI is InChI=1S/C19H34N2O.C11H23NO.C9H18/c1-4-18(22)20-11-7-17(8-12-20)21-13-19(14-21)9-5-16(6-10-19)15(2)3;1-9(2)13-10-6-7-12(5)11(3,4)8-10;1-8(2)9-6-4-3-5-7-9/h15-17H,4-14H2,1-3H3;9-10H,6-8H2,1-5H3;8-9H,3-7H2,1-2H3. The minimum atomic E-state index is 0.303. The molecular formula is C39H75N3O2. The maximum Gasteiger partial charge on any atom is 0.222 e.